The topological polar surface area (TPSA) is 50.8 Å². The second-order valence-electron chi connectivity index (χ2n) is 4.33. The maximum atomic E-state index is 11.6. The Kier molecular flexibility index (Phi) is 3.00. The molecule has 1 amide bonds. The molecule has 1 heterocycles. The van der Waals surface area contributed by atoms with Crippen molar-refractivity contribution < 1.29 is 14.4 Å². The van der Waals surface area contributed by atoms with Gasteiger partial charge in [-0.1, -0.05) is 47.7 Å². The predicted octanol–water partition coefficient (Wildman–Crippen LogP) is 1.77. The van der Waals surface area contributed by atoms with Crippen molar-refractivity contribution in [2.75, 3.05) is 0 Å². The van der Waals surface area contributed by atoms with Crippen LogP contribution in [-0.2, 0) is 16.2 Å². The van der Waals surface area contributed by atoms with Crippen molar-refractivity contribution >= 4 is 6.09 Å². The second kappa shape index (κ2) is 4.80. The lowest BCUT2D eigenvalue weighted by Gasteiger charge is -2.22. The lowest BCUT2D eigenvalue weighted by molar-refractivity contribution is -0.180. The molecule has 0 unspecified atom stereocenters. The quantitative estimate of drug-likeness (QED) is 0.826. The van der Waals surface area contributed by atoms with E-state index in [1.54, 1.807) is 0 Å². The number of benzene rings is 1. The zero-order valence-electron chi connectivity index (χ0n) is 9.78. The van der Waals surface area contributed by atoms with Gasteiger partial charge in [0.25, 0.3) is 0 Å². The summed E-state index contributed by atoms with van der Waals surface area (Å²) in [5.74, 6) is 0. The zero-order valence-corrected chi connectivity index (χ0v) is 9.78. The highest BCUT2D eigenvalue weighted by atomic mass is 16.7. The Bertz CT molecular complexity index is 461. The number of nitrogens with one attached hydrogen (secondary N) is 1. The first-order valence-corrected chi connectivity index (χ1v) is 5.93. The van der Waals surface area contributed by atoms with Crippen LogP contribution in [0.2, 0.25) is 0 Å². The Morgan fingerprint density at radius 2 is 2.22 bits per heavy atom. The summed E-state index contributed by atoms with van der Waals surface area (Å²) in [4.78, 5) is 17.0. The van der Waals surface area contributed by atoms with Gasteiger partial charge in [0, 0.05) is 6.42 Å². The number of hydrazine groups is 1. The van der Waals surface area contributed by atoms with E-state index < -0.39 is 6.09 Å². The zero-order chi connectivity index (χ0) is 12.4. The molecule has 2 atom stereocenters. The third-order valence-electron chi connectivity index (χ3n) is 2.99. The van der Waals surface area contributed by atoms with Crippen molar-refractivity contribution in [3.8, 4) is 0 Å². The van der Waals surface area contributed by atoms with Gasteiger partial charge in [0.1, 0.15) is 12.7 Å². The summed E-state index contributed by atoms with van der Waals surface area (Å²) in [6, 6.07) is 9.67. The molecule has 1 fully saturated rings. The van der Waals surface area contributed by atoms with Crippen molar-refractivity contribution in [2.24, 2.45) is 0 Å². The molecule has 1 N–H and O–H groups in total. The van der Waals surface area contributed by atoms with Crippen LogP contribution in [0.25, 0.3) is 0 Å². The predicted molar refractivity (Wildman–Crippen MR) is 64.0 cm³/mol. The van der Waals surface area contributed by atoms with Gasteiger partial charge in [0.15, 0.2) is 0 Å². The van der Waals surface area contributed by atoms with Crippen LogP contribution in [0.1, 0.15) is 12.0 Å². The number of carbonyl (C=O) groups excluding carboxylic acids is 1. The maximum absolute atomic E-state index is 11.6. The molecule has 94 valence electrons. The fraction of sp³-hybridized carbons (Fsp3) is 0.308. The number of nitrogens with zero attached hydrogens (tertiary/aromatic N) is 1. The number of hydrogen-bond donors (Lipinski definition) is 1. The second-order valence-corrected chi connectivity index (χ2v) is 4.33. The van der Waals surface area contributed by atoms with Crippen LogP contribution < -0.4 is 5.43 Å². The highest BCUT2D eigenvalue weighted by molar-refractivity contribution is 5.66. The molecule has 5 heteroatoms. The number of hydroxylamine groups is 1. The van der Waals surface area contributed by atoms with Crippen LogP contribution in [0.3, 0.4) is 0 Å². The molecule has 3 rings (SSSR count). The fourth-order valence-electron chi connectivity index (χ4n) is 2.08. The SMILES string of the molecule is O=C(NN1O[C@@H]2C=C[C@H]1C2)OCc1ccccc1. The van der Waals surface area contributed by atoms with Gasteiger partial charge in [0.05, 0.1) is 6.04 Å². The summed E-state index contributed by atoms with van der Waals surface area (Å²) in [6.45, 7) is 0.254. The number of fused-ring (bicyclic) bond motifs is 2. The number of carbonyl (C=O) groups is 1. The Balaban J connectivity index is 1.47. The first kappa shape index (κ1) is 11.3. The first-order valence-electron chi connectivity index (χ1n) is 5.93. The van der Waals surface area contributed by atoms with E-state index in [1.165, 1.54) is 5.17 Å². The van der Waals surface area contributed by atoms with Gasteiger partial charge in [-0.2, -0.15) is 0 Å². The first-order chi connectivity index (χ1) is 8.81. The third kappa shape index (κ3) is 2.37. The van der Waals surface area contributed by atoms with Crippen LogP contribution in [0.4, 0.5) is 4.79 Å². The van der Waals surface area contributed by atoms with E-state index in [1.807, 2.05) is 42.5 Å². The van der Waals surface area contributed by atoms with Crippen LogP contribution in [0.5, 0.6) is 0 Å². The molecule has 1 aliphatic carbocycles. The molecular formula is C13H14N2O3. The molecule has 2 bridgehead atoms. The van der Waals surface area contributed by atoms with Gasteiger partial charge >= 0.3 is 6.09 Å². The number of hydrogen-bond acceptors (Lipinski definition) is 4. The molecule has 1 saturated heterocycles. The highest BCUT2D eigenvalue weighted by Crippen LogP contribution is 2.27. The Morgan fingerprint density at radius 1 is 1.39 bits per heavy atom. The number of amides is 1. The van der Waals surface area contributed by atoms with Crippen molar-refractivity contribution in [3.05, 3.63) is 48.0 Å². The average molecular weight is 246 g/mol. The minimum absolute atomic E-state index is 0.0874. The number of rotatable bonds is 3. The number of ether oxygens (including phenoxy) is 1. The molecule has 1 aliphatic heterocycles. The summed E-state index contributed by atoms with van der Waals surface area (Å²) in [5.41, 5.74) is 3.53. The van der Waals surface area contributed by atoms with Crippen LogP contribution in [-0.4, -0.2) is 23.4 Å². The van der Waals surface area contributed by atoms with Gasteiger partial charge in [-0.3, -0.25) is 4.84 Å². The van der Waals surface area contributed by atoms with Crippen LogP contribution >= 0.6 is 0 Å². The Labute approximate surface area is 105 Å². The monoisotopic (exact) mass is 246 g/mol. The van der Waals surface area contributed by atoms with Gasteiger partial charge in [-0.25, -0.2) is 10.2 Å². The van der Waals surface area contributed by atoms with E-state index in [4.69, 9.17) is 9.57 Å². The van der Waals surface area contributed by atoms with Crippen LogP contribution in [0, 0.1) is 0 Å². The average Bonchev–Trinajstić information content (AvgIpc) is 3.00. The summed E-state index contributed by atoms with van der Waals surface area (Å²) in [6.07, 6.45) is 4.49. The summed E-state index contributed by atoms with van der Waals surface area (Å²) in [7, 11) is 0. The summed E-state index contributed by atoms with van der Waals surface area (Å²) >= 11 is 0. The molecule has 1 aromatic rings. The minimum atomic E-state index is -0.500. The maximum Gasteiger partial charge on any atom is 0.423 e. The van der Waals surface area contributed by atoms with E-state index in [0.717, 1.165) is 12.0 Å². The molecule has 0 aromatic heterocycles. The largest absolute Gasteiger partial charge is 0.444 e. The molecule has 1 aromatic carbocycles. The minimum Gasteiger partial charge on any atom is -0.444 e. The van der Waals surface area contributed by atoms with Gasteiger partial charge < -0.3 is 4.74 Å². The van der Waals surface area contributed by atoms with Crippen LogP contribution in [0.15, 0.2) is 42.5 Å². The van der Waals surface area contributed by atoms with Crippen molar-refractivity contribution in [3.63, 3.8) is 0 Å². The highest BCUT2D eigenvalue weighted by Gasteiger charge is 2.36. The third-order valence-corrected chi connectivity index (χ3v) is 2.99. The molecule has 0 spiro atoms. The van der Waals surface area contributed by atoms with Gasteiger partial charge in [-0.05, 0) is 5.56 Å². The Hall–Kier alpha value is -1.85. The molecule has 0 saturated carbocycles. The smallest absolute Gasteiger partial charge is 0.423 e. The fourth-order valence-corrected chi connectivity index (χ4v) is 2.08. The van der Waals surface area contributed by atoms with E-state index in [0.29, 0.717) is 0 Å². The summed E-state index contributed by atoms with van der Waals surface area (Å²) in [5, 5.41) is 1.46. The standard InChI is InChI=1S/C13H14N2O3/c16-13(17-9-10-4-2-1-3-5-10)14-15-11-6-7-12(8-11)18-15/h1-7,11-12H,8-9H2,(H,14,16)/t11-,12+/m0/s1. The summed E-state index contributed by atoms with van der Waals surface area (Å²) < 4.78 is 5.10. The molecule has 18 heavy (non-hydrogen) atoms. The van der Waals surface area contributed by atoms with Gasteiger partial charge in [0.2, 0.25) is 0 Å². The molecule has 5 nitrogen and oxygen atoms in total. The normalized spacial score (nSPS) is 25.3. The molecular weight excluding hydrogens is 232 g/mol. The van der Waals surface area contributed by atoms with Crippen molar-refractivity contribution in [2.45, 2.75) is 25.2 Å². The molecule has 2 aliphatic rings. The lowest BCUT2D eigenvalue weighted by atomic mass is 10.2. The van der Waals surface area contributed by atoms with E-state index in [-0.39, 0.29) is 18.8 Å². The Morgan fingerprint density at radius 3 is 2.89 bits per heavy atom. The molecule has 0 radical (unpaired) electrons. The van der Waals surface area contributed by atoms with E-state index in [9.17, 15) is 4.79 Å². The van der Waals surface area contributed by atoms with Gasteiger partial charge in [-0.15, -0.1) is 0 Å². The van der Waals surface area contributed by atoms with E-state index in [2.05, 4.69) is 5.43 Å². The van der Waals surface area contributed by atoms with E-state index >= 15 is 0 Å². The van der Waals surface area contributed by atoms with Crippen molar-refractivity contribution in [1.29, 1.82) is 0 Å². The van der Waals surface area contributed by atoms with Crippen molar-refractivity contribution in [1.82, 2.24) is 10.6 Å². The lowest BCUT2D eigenvalue weighted by Crippen LogP contribution is -2.44.